The fourth-order valence-corrected chi connectivity index (χ4v) is 2.35. The molecule has 3 heteroatoms. The minimum Gasteiger partial charge on any atom is -0.494 e. The molecule has 2 aromatic rings. The molecule has 2 aromatic carbocycles. The van der Waals surface area contributed by atoms with Crippen LogP contribution in [0.3, 0.4) is 0 Å². The summed E-state index contributed by atoms with van der Waals surface area (Å²) in [4.78, 5) is 0. The van der Waals surface area contributed by atoms with Crippen molar-refractivity contribution >= 4 is 11.8 Å². The fraction of sp³-hybridized carbons (Fsp3) is 0.263. The summed E-state index contributed by atoms with van der Waals surface area (Å²) in [5, 5.41) is 3.34. The highest BCUT2D eigenvalue weighted by Crippen LogP contribution is 2.32. The van der Waals surface area contributed by atoms with Crippen molar-refractivity contribution in [3.05, 3.63) is 59.7 Å². The third kappa shape index (κ3) is 3.42. The summed E-state index contributed by atoms with van der Waals surface area (Å²) >= 11 is 0. The highest BCUT2D eigenvalue weighted by atomic mass is 16.5. The molecule has 0 saturated carbocycles. The maximum absolute atomic E-state index is 5.86. The zero-order chi connectivity index (χ0) is 15.4. The third-order valence-corrected chi connectivity index (χ3v) is 3.51. The summed E-state index contributed by atoms with van der Waals surface area (Å²) < 4.78 is 11.4. The van der Waals surface area contributed by atoms with Gasteiger partial charge in [0.05, 0.1) is 12.3 Å². The maximum Gasteiger partial charge on any atom is 0.189 e. The lowest BCUT2D eigenvalue weighted by atomic mass is 10.2. The van der Waals surface area contributed by atoms with Gasteiger partial charge in [0.1, 0.15) is 11.5 Å². The molecular weight excluding hydrogens is 274 g/mol. The second kappa shape index (κ2) is 6.56. The largest absolute Gasteiger partial charge is 0.494 e. The topological polar surface area (TPSA) is 30.5 Å². The van der Waals surface area contributed by atoms with Crippen molar-refractivity contribution in [1.29, 1.82) is 0 Å². The van der Waals surface area contributed by atoms with Gasteiger partial charge < -0.3 is 14.8 Å². The summed E-state index contributed by atoms with van der Waals surface area (Å²) in [6.45, 7) is 4.92. The molecule has 1 aliphatic heterocycles. The number of hydrogen-bond donors (Lipinski definition) is 1. The minimum absolute atomic E-state index is 0.118. The lowest BCUT2D eigenvalue weighted by Gasteiger charge is -2.06. The first kappa shape index (κ1) is 14.5. The Balaban J connectivity index is 1.61. The van der Waals surface area contributed by atoms with E-state index in [4.69, 9.17) is 9.47 Å². The molecular formula is C19H21NO2. The Bertz CT molecular complexity index is 662. The van der Waals surface area contributed by atoms with E-state index in [1.54, 1.807) is 0 Å². The van der Waals surface area contributed by atoms with Gasteiger partial charge in [0, 0.05) is 0 Å². The van der Waals surface area contributed by atoms with E-state index in [1.165, 1.54) is 5.56 Å². The van der Waals surface area contributed by atoms with E-state index in [-0.39, 0.29) is 6.23 Å². The molecule has 114 valence electrons. The summed E-state index contributed by atoms with van der Waals surface area (Å²) in [5.41, 5.74) is 3.37. The van der Waals surface area contributed by atoms with Crippen molar-refractivity contribution in [2.24, 2.45) is 0 Å². The van der Waals surface area contributed by atoms with Gasteiger partial charge in [-0.3, -0.25) is 0 Å². The number of benzene rings is 2. The van der Waals surface area contributed by atoms with Crippen LogP contribution in [0, 0.1) is 6.92 Å². The van der Waals surface area contributed by atoms with Gasteiger partial charge in [-0.15, -0.1) is 0 Å². The fourth-order valence-electron chi connectivity index (χ4n) is 2.35. The molecule has 0 aliphatic carbocycles. The molecule has 0 radical (unpaired) electrons. The molecule has 0 amide bonds. The first-order valence-corrected chi connectivity index (χ1v) is 7.69. The van der Waals surface area contributed by atoms with E-state index in [1.807, 2.05) is 30.3 Å². The first-order chi connectivity index (χ1) is 10.7. The van der Waals surface area contributed by atoms with Crippen LogP contribution in [0.1, 0.15) is 24.5 Å². The minimum atomic E-state index is -0.118. The molecule has 1 heterocycles. The Morgan fingerprint density at radius 2 is 2.00 bits per heavy atom. The second-order valence-electron chi connectivity index (χ2n) is 5.46. The second-order valence-corrected chi connectivity index (χ2v) is 5.46. The molecule has 0 spiro atoms. The van der Waals surface area contributed by atoms with E-state index in [0.29, 0.717) is 0 Å². The Morgan fingerprint density at radius 3 is 2.77 bits per heavy atom. The Hall–Kier alpha value is -2.42. The number of hydrogen-bond acceptors (Lipinski definition) is 3. The average molecular weight is 295 g/mol. The Labute approximate surface area is 131 Å². The standard InChI is InChI=1S/C19H21NO2/c1-3-12-21-16-8-5-15(6-9-16)7-11-19-20-17-10-4-14(2)13-18(17)22-19/h4-11,13,19-20H,3,12H2,1-2H3/b11-7+. The van der Waals surface area contributed by atoms with E-state index < -0.39 is 0 Å². The SMILES string of the molecule is CCCOc1ccc(/C=C/C2Nc3ccc(C)cc3O2)cc1. The Morgan fingerprint density at radius 1 is 1.18 bits per heavy atom. The van der Waals surface area contributed by atoms with Crippen molar-refractivity contribution in [2.45, 2.75) is 26.5 Å². The molecule has 0 aromatic heterocycles. The van der Waals surface area contributed by atoms with E-state index in [2.05, 4.69) is 43.4 Å². The molecule has 3 nitrogen and oxygen atoms in total. The van der Waals surface area contributed by atoms with E-state index >= 15 is 0 Å². The first-order valence-electron chi connectivity index (χ1n) is 7.69. The van der Waals surface area contributed by atoms with Crippen LogP contribution in [0.2, 0.25) is 0 Å². The van der Waals surface area contributed by atoms with Crippen LogP contribution in [0.25, 0.3) is 6.08 Å². The van der Waals surface area contributed by atoms with Gasteiger partial charge in [0.2, 0.25) is 0 Å². The normalized spacial score (nSPS) is 16.2. The van der Waals surface area contributed by atoms with Crippen molar-refractivity contribution in [1.82, 2.24) is 0 Å². The predicted molar refractivity (Wildman–Crippen MR) is 90.5 cm³/mol. The number of rotatable bonds is 5. The monoisotopic (exact) mass is 295 g/mol. The molecule has 3 rings (SSSR count). The van der Waals surface area contributed by atoms with Gasteiger partial charge in [-0.05, 0) is 54.8 Å². The smallest absolute Gasteiger partial charge is 0.189 e. The van der Waals surface area contributed by atoms with Gasteiger partial charge in [0.25, 0.3) is 0 Å². The zero-order valence-corrected chi connectivity index (χ0v) is 13.0. The van der Waals surface area contributed by atoms with Gasteiger partial charge in [-0.2, -0.15) is 0 Å². The lowest BCUT2D eigenvalue weighted by Crippen LogP contribution is -2.16. The summed E-state index contributed by atoms with van der Waals surface area (Å²) in [6.07, 6.45) is 4.98. The van der Waals surface area contributed by atoms with E-state index in [9.17, 15) is 0 Å². The van der Waals surface area contributed by atoms with Crippen LogP contribution in [-0.4, -0.2) is 12.8 Å². The average Bonchev–Trinajstić information content (AvgIpc) is 2.94. The predicted octanol–water partition coefficient (Wildman–Crippen LogP) is 4.63. The molecule has 1 unspecified atom stereocenters. The summed E-state index contributed by atoms with van der Waals surface area (Å²) in [7, 11) is 0. The number of ether oxygens (including phenoxy) is 2. The van der Waals surface area contributed by atoms with Crippen LogP contribution in [0.4, 0.5) is 5.69 Å². The van der Waals surface area contributed by atoms with Gasteiger partial charge in [0.15, 0.2) is 6.23 Å². The zero-order valence-electron chi connectivity index (χ0n) is 13.0. The summed E-state index contributed by atoms with van der Waals surface area (Å²) in [6, 6.07) is 14.3. The van der Waals surface area contributed by atoms with E-state index in [0.717, 1.165) is 35.8 Å². The number of fused-ring (bicyclic) bond motifs is 1. The molecule has 0 fully saturated rings. The lowest BCUT2D eigenvalue weighted by molar-refractivity contribution is 0.303. The highest BCUT2D eigenvalue weighted by Gasteiger charge is 2.18. The molecule has 0 saturated heterocycles. The van der Waals surface area contributed by atoms with Gasteiger partial charge in [-0.1, -0.05) is 31.2 Å². The maximum atomic E-state index is 5.86. The van der Waals surface area contributed by atoms with Crippen molar-refractivity contribution in [2.75, 3.05) is 11.9 Å². The summed E-state index contributed by atoms with van der Waals surface area (Å²) in [5.74, 6) is 1.83. The van der Waals surface area contributed by atoms with Crippen LogP contribution in [-0.2, 0) is 0 Å². The number of nitrogens with one attached hydrogen (secondary N) is 1. The van der Waals surface area contributed by atoms with Gasteiger partial charge in [-0.25, -0.2) is 0 Å². The number of anilines is 1. The quantitative estimate of drug-likeness (QED) is 0.872. The van der Waals surface area contributed by atoms with Crippen LogP contribution in [0.5, 0.6) is 11.5 Å². The molecule has 1 N–H and O–H groups in total. The van der Waals surface area contributed by atoms with Crippen molar-refractivity contribution in [3.8, 4) is 11.5 Å². The number of aryl methyl sites for hydroxylation is 1. The highest BCUT2D eigenvalue weighted by molar-refractivity contribution is 5.63. The van der Waals surface area contributed by atoms with Crippen molar-refractivity contribution < 1.29 is 9.47 Å². The van der Waals surface area contributed by atoms with Gasteiger partial charge >= 0.3 is 0 Å². The molecule has 0 bridgehead atoms. The Kier molecular flexibility index (Phi) is 4.33. The third-order valence-electron chi connectivity index (χ3n) is 3.51. The molecule has 1 atom stereocenters. The van der Waals surface area contributed by atoms with Crippen LogP contribution >= 0.6 is 0 Å². The van der Waals surface area contributed by atoms with Crippen molar-refractivity contribution in [3.63, 3.8) is 0 Å². The molecule has 22 heavy (non-hydrogen) atoms. The van der Waals surface area contributed by atoms with Crippen LogP contribution < -0.4 is 14.8 Å². The van der Waals surface area contributed by atoms with Crippen LogP contribution in [0.15, 0.2) is 48.5 Å². The molecule has 1 aliphatic rings.